The van der Waals surface area contributed by atoms with Crippen LogP contribution >= 0.6 is 0 Å². The number of carbonyl (C=O) groups excluding carboxylic acids is 1. The first-order chi connectivity index (χ1) is 9.99. The van der Waals surface area contributed by atoms with E-state index >= 15 is 0 Å². The molecule has 0 saturated heterocycles. The van der Waals surface area contributed by atoms with E-state index < -0.39 is 23.5 Å². The summed E-state index contributed by atoms with van der Waals surface area (Å²) in [6.07, 6.45) is 0.409. The van der Waals surface area contributed by atoms with Crippen LogP contribution in [0.5, 0.6) is 5.75 Å². The van der Waals surface area contributed by atoms with E-state index in [1.165, 1.54) is 0 Å². The molecule has 0 fully saturated rings. The topological polar surface area (TPSA) is 75.6 Å². The number of rotatable bonds is 8. The zero-order valence-corrected chi connectivity index (χ0v) is 12.8. The van der Waals surface area contributed by atoms with Crippen molar-refractivity contribution in [1.29, 1.82) is 0 Å². The minimum absolute atomic E-state index is 0.326. The van der Waals surface area contributed by atoms with Gasteiger partial charge in [0.15, 0.2) is 6.10 Å². The molecule has 0 aromatic heterocycles. The van der Waals surface area contributed by atoms with E-state index in [1.807, 2.05) is 25.1 Å². The molecule has 116 valence electrons. The minimum Gasteiger partial charge on any atom is -0.481 e. The van der Waals surface area contributed by atoms with Gasteiger partial charge in [-0.25, -0.2) is 4.79 Å². The molecule has 1 unspecified atom stereocenters. The maximum atomic E-state index is 12.3. The van der Waals surface area contributed by atoms with E-state index in [0.29, 0.717) is 25.0 Å². The maximum absolute atomic E-state index is 12.3. The van der Waals surface area contributed by atoms with Crippen LogP contribution in [-0.2, 0) is 9.59 Å². The van der Waals surface area contributed by atoms with Crippen molar-refractivity contribution >= 4 is 11.9 Å². The molecule has 5 heteroatoms. The third-order valence-electron chi connectivity index (χ3n) is 3.66. The number of carboxylic acids is 1. The van der Waals surface area contributed by atoms with Gasteiger partial charge in [0, 0.05) is 0 Å². The van der Waals surface area contributed by atoms with Gasteiger partial charge >= 0.3 is 5.97 Å². The quantitative estimate of drug-likeness (QED) is 0.772. The van der Waals surface area contributed by atoms with E-state index in [4.69, 9.17) is 4.74 Å². The Kier molecular flexibility index (Phi) is 6.21. The molecule has 0 radical (unpaired) electrons. The Morgan fingerprint density at radius 1 is 1.19 bits per heavy atom. The number of amides is 1. The van der Waals surface area contributed by atoms with Gasteiger partial charge in [-0.3, -0.25) is 4.79 Å². The average molecular weight is 293 g/mol. The Labute approximate surface area is 125 Å². The molecule has 1 aromatic carbocycles. The third-order valence-corrected chi connectivity index (χ3v) is 3.66. The average Bonchev–Trinajstić information content (AvgIpc) is 2.50. The molecule has 0 aliphatic rings. The number of ether oxygens (including phenoxy) is 1. The van der Waals surface area contributed by atoms with Gasteiger partial charge in [-0.2, -0.15) is 0 Å². The normalized spacial score (nSPS) is 12.5. The highest BCUT2D eigenvalue weighted by Crippen LogP contribution is 2.18. The molecule has 1 atom stereocenters. The first kappa shape index (κ1) is 17.0. The lowest BCUT2D eigenvalue weighted by Crippen LogP contribution is -2.56. The zero-order chi connectivity index (χ0) is 15.9. The highest BCUT2D eigenvalue weighted by atomic mass is 16.5. The predicted molar refractivity (Wildman–Crippen MR) is 80.2 cm³/mol. The number of hydrogen-bond acceptors (Lipinski definition) is 3. The molecule has 5 nitrogen and oxygen atoms in total. The van der Waals surface area contributed by atoms with Gasteiger partial charge in [0.1, 0.15) is 11.3 Å². The Morgan fingerprint density at radius 2 is 1.76 bits per heavy atom. The van der Waals surface area contributed by atoms with Crippen LogP contribution in [0.3, 0.4) is 0 Å². The van der Waals surface area contributed by atoms with Crippen molar-refractivity contribution in [2.75, 3.05) is 0 Å². The summed E-state index contributed by atoms with van der Waals surface area (Å²) in [5, 5.41) is 12.0. The van der Waals surface area contributed by atoms with Crippen LogP contribution in [-0.4, -0.2) is 28.6 Å². The summed E-state index contributed by atoms with van der Waals surface area (Å²) in [4.78, 5) is 23.7. The van der Waals surface area contributed by atoms with E-state index in [2.05, 4.69) is 5.32 Å². The van der Waals surface area contributed by atoms with Crippen molar-refractivity contribution in [3.8, 4) is 5.75 Å². The number of carboxylic acid groups (broad SMARTS) is 1. The molecule has 1 amide bonds. The number of carbonyl (C=O) groups is 2. The minimum atomic E-state index is -1.23. The molecule has 0 saturated carbocycles. The number of aliphatic carboxylic acids is 1. The molecular weight excluding hydrogens is 270 g/mol. The van der Waals surface area contributed by atoms with Gasteiger partial charge in [-0.05, 0) is 31.4 Å². The van der Waals surface area contributed by atoms with Gasteiger partial charge in [0.2, 0.25) is 0 Å². The summed E-state index contributed by atoms with van der Waals surface area (Å²) >= 11 is 0. The van der Waals surface area contributed by atoms with Crippen LogP contribution in [0.1, 0.15) is 40.0 Å². The van der Waals surface area contributed by atoms with Crippen molar-refractivity contribution in [2.24, 2.45) is 0 Å². The van der Waals surface area contributed by atoms with Crippen LogP contribution in [0.2, 0.25) is 0 Å². The Hall–Kier alpha value is -2.04. The largest absolute Gasteiger partial charge is 0.481 e. The Morgan fingerprint density at radius 3 is 2.19 bits per heavy atom. The summed E-state index contributed by atoms with van der Waals surface area (Å²) in [7, 11) is 0. The first-order valence-corrected chi connectivity index (χ1v) is 7.26. The van der Waals surface area contributed by atoms with Crippen LogP contribution in [0, 0.1) is 0 Å². The Balaban J connectivity index is 2.81. The molecule has 0 bridgehead atoms. The van der Waals surface area contributed by atoms with Crippen molar-refractivity contribution in [2.45, 2.75) is 51.7 Å². The number of benzene rings is 1. The monoisotopic (exact) mass is 293 g/mol. The van der Waals surface area contributed by atoms with E-state index in [0.717, 1.165) is 0 Å². The third kappa shape index (κ3) is 4.21. The van der Waals surface area contributed by atoms with Gasteiger partial charge in [-0.1, -0.05) is 39.0 Å². The molecule has 0 aliphatic carbocycles. The second-order valence-corrected chi connectivity index (χ2v) is 4.91. The molecule has 1 aromatic rings. The van der Waals surface area contributed by atoms with Crippen LogP contribution in [0.4, 0.5) is 0 Å². The van der Waals surface area contributed by atoms with E-state index in [9.17, 15) is 14.7 Å². The fourth-order valence-electron chi connectivity index (χ4n) is 2.08. The van der Waals surface area contributed by atoms with Gasteiger partial charge in [0.05, 0.1) is 0 Å². The second kappa shape index (κ2) is 7.67. The van der Waals surface area contributed by atoms with E-state index in [-0.39, 0.29) is 0 Å². The highest BCUT2D eigenvalue weighted by molar-refractivity contribution is 5.89. The lowest BCUT2D eigenvalue weighted by atomic mass is 9.92. The Bertz CT molecular complexity index is 468. The van der Waals surface area contributed by atoms with Crippen molar-refractivity contribution in [3.05, 3.63) is 30.3 Å². The second-order valence-electron chi connectivity index (χ2n) is 4.91. The van der Waals surface area contributed by atoms with Crippen molar-refractivity contribution in [3.63, 3.8) is 0 Å². The standard InChI is InChI=1S/C16H23NO4/c1-4-13(21-12-10-8-7-9-11-12)14(18)17-16(5-2,6-3)15(19)20/h7-11,13H,4-6H2,1-3H3,(H,17,18)(H,19,20). The number of nitrogens with one attached hydrogen (secondary N) is 1. The fraction of sp³-hybridized carbons (Fsp3) is 0.500. The SMILES string of the molecule is CCC(Oc1ccccc1)C(=O)NC(CC)(CC)C(=O)O. The maximum Gasteiger partial charge on any atom is 0.329 e. The van der Waals surface area contributed by atoms with Crippen molar-refractivity contribution in [1.82, 2.24) is 5.32 Å². The number of hydrogen-bond donors (Lipinski definition) is 2. The van der Waals surface area contributed by atoms with Crippen LogP contribution in [0.25, 0.3) is 0 Å². The molecule has 1 rings (SSSR count). The van der Waals surface area contributed by atoms with Gasteiger partial charge < -0.3 is 15.2 Å². The predicted octanol–water partition coefficient (Wildman–Crippen LogP) is 2.60. The van der Waals surface area contributed by atoms with Crippen LogP contribution in [0.15, 0.2) is 30.3 Å². The molecule has 0 spiro atoms. The molecule has 2 N–H and O–H groups in total. The zero-order valence-electron chi connectivity index (χ0n) is 12.8. The van der Waals surface area contributed by atoms with E-state index in [1.54, 1.807) is 26.0 Å². The fourth-order valence-corrected chi connectivity index (χ4v) is 2.08. The molecular formula is C16H23NO4. The number of para-hydroxylation sites is 1. The molecule has 0 heterocycles. The summed E-state index contributed by atoms with van der Waals surface area (Å²) in [5.74, 6) is -0.823. The van der Waals surface area contributed by atoms with Gasteiger partial charge in [0.25, 0.3) is 5.91 Å². The lowest BCUT2D eigenvalue weighted by Gasteiger charge is -2.30. The summed E-state index contributed by atoms with van der Waals surface area (Å²) in [6, 6.07) is 9.02. The summed E-state index contributed by atoms with van der Waals surface area (Å²) in [5.41, 5.74) is -1.23. The molecule has 0 aliphatic heterocycles. The first-order valence-electron chi connectivity index (χ1n) is 7.26. The van der Waals surface area contributed by atoms with Gasteiger partial charge in [-0.15, -0.1) is 0 Å². The highest BCUT2D eigenvalue weighted by Gasteiger charge is 2.38. The smallest absolute Gasteiger partial charge is 0.329 e. The molecule has 21 heavy (non-hydrogen) atoms. The lowest BCUT2D eigenvalue weighted by molar-refractivity contribution is -0.149. The summed E-state index contributed by atoms with van der Waals surface area (Å²) < 4.78 is 5.64. The summed E-state index contributed by atoms with van der Waals surface area (Å²) in [6.45, 7) is 5.32. The van der Waals surface area contributed by atoms with Crippen LogP contribution < -0.4 is 10.1 Å². The van der Waals surface area contributed by atoms with Crippen molar-refractivity contribution < 1.29 is 19.4 Å².